The molecular weight excluding hydrogens is 496 g/mol. The van der Waals surface area contributed by atoms with E-state index in [0.29, 0.717) is 25.0 Å². The quantitative estimate of drug-likeness (QED) is 0.468. The fourth-order valence-electron chi connectivity index (χ4n) is 6.04. The SMILES string of the molecule is CC1C=CC2=CC(O)CC(OC(=O)C(C)(C)Oc3ccc(C(C)(C)C)cc3)C2C1CC[C@@H]1C[C@@H](O)CC(=O)O1. The van der Waals surface area contributed by atoms with Gasteiger partial charge in [-0.05, 0) is 67.2 Å². The van der Waals surface area contributed by atoms with E-state index in [1.54, 1.807) is 13.8 Å². The Morgan fingerprint density at radius 1 is 1.05 bits per heavy atom. The second-order valence-corrected chi connectivity index (χ2v) is 13.0. The fraction of sp³-hybridized carbons (Fsp3) is 0.625. The summed E-state index contributed by atoms with van der Waals surface area (Å²) < 4.78 is 17.7. The molecule has 0 radical (unpaired) electrons. The predicted octanol–water partition coefficient (Wildman–Crippen LogP) is 5.03. The van der Waals surface area contributed by atoms with Crippen molar-refractivity contribution in [2.24, 2.45) is 17.8 Å². The highest BCUT2D eigenvalue weighted by Gasteiger charge is 2.44. The van der Waals surface area contributed by atoms with Crippen molar-refractivity contribution < 1.29 is 34.0 Å². The molecule has 5 unspecified atom stereocenters. The van der Waals surface area contributed by atoms with Crippen LogP contribution in [0, 0.1) is 17.8 Å². The lowest BCUT2D eigenvalue weighted by atomic mass is 9.66. The minimum atomic E-state index is -1.23. The molecule has 0 bridgehead atoms. The van der Waals surface area contributed by atoms with Crippen LogP contribution in [-0.2, 0) is 24.5 Å². The number of hydrogen-bond donors (Lipinski definition) is 2. The summed E-state index contributed by atoms with van der Waals surface area (Å²) in [6.45, 7) is 12.0. The number of allylic oxidation sites excluding steroid dienone is 2. The number of benzene rings is 1. The third kappa shape index (κ3) is 7.12. The van der Waals surface area contributed by atoms with Crippen molar-refractivity contribution >= 4 is 11.9 Å². The second-order valence-electron chi connectivity index (χ2n) is 13.0. The summed E-state index contributed by atoms with van der Waals surface area (Å²) in [5.41, 5.74) is 0.925. The summed E-state index contributed by atoms with van der Waals surface area (Å²) in [4.78, 5) is 25.3. The predicted molar refractivity (Wildman–Crippen MR) is 148 cm³/mol. The number of carbonyl (C=O) groups excluding carboxylic acids is 2. The molecule has 0 spiro atoms. The van der Waals surface area contributed by atoms with Crippen LogP contribution in [0.4, 0.5) is 0 Å². The van der Waals surface area contributed by atoms with Gasteiger partial charge in [-0.1, -0.05) is 58.1 Å². The van der Waals surface area contributed by atoms with E-state index in [0.717, 1.165) is 12.0 Å². The Balaban J connectivity index is 1.47. The molecule has 3 aliphatic rings. The van der Waals surface area contributed by atoms with E-state index in [-0.39, 0.29) is 41.7 Å². The van der Waals surface area contributed by atoms with E-state index in [1.807, 2.05) is 36.4 Å². The van der Waals surface area contributed by atoms with Crippen molar-refractivity contribution in [2.75, 3.05) is 0 Å². The molecule has 1 fully saturated rings. The molecule has 1 aromatic carbocycles. The molecular formula is C32H44O7. The minimum absolute atomic E-state index is 0.0145. The van der Waals surface area contributed by atoms with E-state index in [2.05, 4.69) is 33.8 Å². The molecule has 0 saturated carbocycles. The lowest BCUT2D eigenvalue weighted by Crippen LogP contribution is -2.47. The van der Waals surface area contributed by atoms with Crippen molar-refractivity contribution in [3.63, 3.8) is 0 Å². The summed E-state index contributed by atoms with van der Waals surface area (Å²) in [5, 5.41) is 20.6. The number of aliphatic hydroxyl groups is 2. The number of ether oxygens (including phenoxy) is 3. The first-order valence-electron chi connectivity index (χ1n) is 14.2. The van der Waals surface area contributed by atoms with E-state index in [9.17, 15) is 19.8 Å². The zero-order chi connectivity index (χ0) is 28.5. The summed E-state index contributed by atoms with van der Waals surface area (Å²) in [5.74, 6) is -0.0180. The van der Waals surface area contributed by atoms with Gasteiger partial charge in [-0.2, -0.15) is 0 Å². The maximum atomic E-state index is 13.5. The van der Waals surface area contributed by atoms with Crippen LogP contribution in [0.25, 0.3) is 0 Å². The van der Waals surface area contributed by atoms with Crippen LogP contribution < -0.4 is 4.74 Å². The number of fused-ring (bicyclic) bond motifs is 1. The third-order valence-electron chi connectivity index (χ3n) is 8.27. The van der Waals surface area contributed by atoms with Crippen LogP contribution in [0.15, 0.2) is 48.1 Å². The lowest BCUT2D eigenvalue weighted by molar-refractivity contribution is -0.171. The molecule has 1 saturated heterocycles. The molecule has 7 nitrogen and oxygen atoms in total. The molecule has 0 aromatic heterocycles. The van der Waals surface area contributed by atoms with Crippen molar-refractivity contribution in [3.8, 4) is 5.75 Å². The number of carbonyl (C=O) groups is 2. The van der Waals surface area contributed by atoms with Gasteiger partial charge in [-0.15, -0.1) is 0 Å². The van der Waals surface area contributed by atoms with Crippen molar-refractivity contribution in [1.82, 2.24) is 0 Å². The molecule has 7 atom stereocenters. The van der Waals surface area contributed by atoms with Gasteiger partial charge in [0.15, 0.2) is 5.60 Å². The average Bonchev–Trinajstić information content (AvgIpc) is 2.82. The molecule has 1 heterocycles. The van der Waals surface area contributed by atoms with Crippen LogP contribution in [0.3, 0.4) is 0 Å². The summed E-state index contributed by atoms with van der Waals surface area (Å²) in [6.07, 6.45) is 5.94. The number of rotatable bonds is 7. The van der Waals surface area contributed by atoms with Crippen molar-refractivity contribution in [2.45, 2.75) is 109 Å². The van der Waals surface area contributed by atoms with Gasteiger partial charge in [-0.25, -0.2) is 4.79 Å². The largest absolute Gasteiger partial charge is 0.476 e. The molecule has 4 rings (SSSR count). The Kier molecular flexibility index (Phi) is 8.62. The molecule has 1 aliphatic heterocycles. The Morgan fingerprint density at radius 2 is 1.74 bits per heavy atom. The molecule has 1 aromatic rings. The normalized spacial score (nSPS) is 31.1. The first kappa shape index (κ1) is 29.3. The fourth-order valence-corrected chi connectivity index (χ4v) is 6.04. The number of hydrogen-bond acceptors (Lipinski definition) is 7. The number of cyclic esters (lactones) is 1. The van der Waals surface area contributed by atoms with E-state index in [1.165, 1.54) is 5.56 Å². The van der Waals surface area contributed by atoms with Gasteiger partial charge in [0, 0.05) is 18.8 Å². The Morgan fingerprint density at radius 3 is 2.38 bits per heavy atom. The first-order valence-corrected chi connectivity index (χ1v) is 14.2. The summed E-state index contributed by atoms with van der Waals surface area (Å²) in [7, 11) is 0. The van der Waals surface area contributed by atoms with Gasteiger partial charge < -0.3 is 24.4 Å². The van der Waals surface area contributed by atoms with Crippen molar-refractivity contribution in [1.29, 1.82) is 0 Å². The monoisotopic (exact) mass is 540 g/mol. The van der Waals surface area contributed by atoms with Gasteiger partial charge >= 0.3 is 11.9 Å². The second kappa shape index (κ2) is 11.5. The van der Waals surface area contributed by atoms with Crippen LogP contribution in [-0.4, -0.2) is 52.2 Å². The van der Waals surface area contributed by atoms with Gasteiger partial charge in [0.25, 0.3) is 0 Å². The Labute approximate surface area is 232 Å². The minimum Gasteiger partial charge on any atom is -0.476 e. The van der Waals surface area contributed by atoms with E-state index >= 15 is 0 Å². The Bertz CT molecular complexity index is 1090. The summed E-state index contributed by atoms with van der Waals surface area (Å²) in [6, 6.07) is 7.77. The molecule has 2 aliphatic carbocycles. The maximum Gasteiger partial charge on any atom is 0.350 e. The first-order chi connectivity index (χ1) is 18.2. The maximum absolute atomic E-state index is 13.5. The van der Waals surface area contributed by atoms with Gasteiger partial charge in [0.1, 0.15) is 18.0 Å². The van der Waals surface area contributed by atoms with Crippen molar-refractivity contribution in [3.05, 3.63) is 53.6 Å². The number of esters is 2. The zero-order valence-corrected chi connectivity index (χ0v) is 24.1. The highest BCUT2D eigenvalue weighted by Crippen LogP contribution is 2.44. The van der Waals surface area contributed by atoms with Gasteiger partial charge in [0.05, 0.1) is 18.6 Å². The topological polar surface area (TPSA) is 102 Å². The molecule has 0 amide bonds. The number of aliphatic hydroxyl groups excluding tert-OH is 2. The van der Waals surface area contributed by atoms with Crippen LogP contribution >= 0.6 is 0 Å². The Hall–Kier alpha value is -2.64. The molecule has 39 heavy (non-hydrogen) atoms. The summed E-state index contributed by atoms with van der Waals surface area (Å²) >= 11 is 0. The highest BCUT2D eigenvalue weighted by molar-refractivity contribution is 5.79. The van der Waals surface area contributed by atoms with Gasteiger partial charge in [0.2, 0.25) is 0 Å². The molecule has 2 N–H and O–H groups in total. The third-order valence-corrected chi connectivity index (χ3v) is 8.27. The van der Waals surface area contributed by atoms with Crippen LogP contribution in [0.1, 0.15) is 79.2 Å². The highest BCUT2D eigenvalue weighted by atomic mass is 16.6. The standard InChI is InChI=1S/C32H44O7/c1-19-7-8-20-15-22(33)17-27(29(20)26(19)14-13-25-16-23(34)18-28(35)37-25)38-30(36)32(5,6)39-24-11-9-21(10-12-24)31(2,3)4/h7-12,15,19,22-23,25-27,29,33-34H,13-14,16-18H2,1-6H3/t19?,22?,23-,25-,26?,27?,29?/m1/s1. The average molecular weight is 541 g/mol. The molecule has 7 heteroatoms. The van der Waals surface area contributed by atoms with E-state index < -0.39 is 29.9 Å². The zero-order valence-electron chi connectivity index (χ0n) is 24.1. The van der Waals surface area contributed by atoms with Gasteiger partial charge in [-0.3, -0.25) is 4.79 Å². The smallest absolute Gasteiger partial charge is 0.350 e. The van der Waals surface area contributed by atoms with Crippen LogP contribution in [0.2, 0.25) is 0 Å². The molecule has 214 valence electrons. The van der Waals surface area contributed by atoms with E-state index in [4.69, 9.17) is 14.2 Å². The van der Waals surface area contributed by atoms with Crippen LogP contribution in [0.5, 0.6) is 5.75 Å². The lowest BCUT2D eigenvalue weighted by Gasteiger charge is -2.43.